The lowest BCUT2D eigenvalue weighted by Gasteiger charge is -2.27. The SMILES string of the molecule is CCC1(CNCCc2csc(N)n2)CCCC1. The van der Waals surface area contributed by atoms with E-state index in [9.17, 15) is 0 Å². The highest BCUT2D eigenvalue weighted by molar-refractivity contribution is 7.13. The second-order valence-corrected chi connectivity index (χ2v) is 6.05. The Morgan fingerprint density at radius 2 is 2.24 bits per heavy atom. The number of nitrogens with zero attached hydrogens (tertiary/aromatic N) is 1. The van der Waals surface area contributed by atoms with E-state index in [0.29, 0.717) is 10.5 Å². The van der Waals surface area contributed by atoms with Gasteiger partial charge in [0.1, 0.15) is 0 Å². The molecule has 0 unspecified atom stereocenters. The predicted molar refractivity (Wildman–Crippen MR) is 74.3 cm³/mol. The Bertz CT molecular complexity index is 342. The maximum atomic E-state index is 5.61. The van der Waals surface area contributed by atoms with Crippen molar-refractivity contribution < 1.29 is 0 Å². The molecule has 3 nitrogen and oxygen atoms in total. The summed E-state index contributed by atoms with van der Waals surface area (Å²) in [6.45, 7) is 4.52. The number of nitrogens with two attached hydrogens (primary N) is 1. The third kappa shape index (κ3) is 3.42. The van der Waals surface area contributed by atoms with Crippen LogP contribution in [0.3, 0.4) is 0 Å². The Morgan fingerprint density at radius 3 is 2.82 bits per heavy atom. The molecule has 1 aliphatic rings. The first kappa shape index (κ1) is 12.8. The van der Waals surface area contributed by atoms with Crippen LogP contribution in [-0.4, -0.2) is 18.1 Å². The van der Waals surface area contributed by atoms with Gasteiger partial charge < -0.3 is 11.1 Å². The fourth-order valence-electron chi connectivity index (χ4n) is 2.79. The van der Waals surface area contributed by atoms with Crippen LogP contribution < -0.4 is 11.1 Å². The van der Waals surface area contributed by atoms with Gasteiger partial charge in [0.25, 0.3) is 0 Å². The summed E-state index contributed by atoms with van der Waals surface area (Å²) in [6, 6.07) is 0. The summed E-state index contributed by atoms with van der Waals surface area (Å²) in [5, 5.41) is 6.34. The second kappa shape index (κ2) is 5.83. The minimum Gasteiger partial charge on any atom is -0.375 e. The van der Waals surface area contributed by atoms with Gasteiger partial charge in [-0.2, -0.15) is 0 Å². The molecule has 1 fully saturated rings. The molecule has 17 heavy (non-hydrogen) atoms. The van der Waals surface area contributed by atoms with Crippen LogP contribution in [0.1, 0.15) is 44.7 Å². The third-order valence-electron chi connectivity index (χ3n) is 4.04. The van der Waals surface area contributed by atoms with E-state index in [1.807, 2.05) is 0 Å². The molecule has 1 heterocycles. The van der Waals surface area contributed by atoms with Crippen molar-refractivity contribution in [3.63, 3.8) is 0 Å². The minimum absolute atomic E-state index is 0.584. The molecular formula is C13H23N3S. The van der Waals surface area contributed by atoms with Crippen molar-refractivity contribution in [2.75, 3.05) is 18.8 Å². The molecule has 0 bridgehead atoms. The van der Waals surface area contributed by atoms with Gasteiger partial charge in [-0.1, -0.05) is 19.8 Å². The predicted octanol–water partition coefficient (Wildman–Crippen LogP) is 2.83. The van der Waals surface area contributed by atoms with Crippen LogP contribution in [-0.2, 0) is 6.42 Å². The first-order chi connectivity index (χ1) is 8.24. The lowest BCUT2D eigenvalue weighted by atomic mass is 9.83. The molecule has 3 N–H and O–H groups in total. The number of hydrogen-bond acceptors (Lipinski definition) is 4. The van der Waals surface area contributed by atoms with Crippen molar-refractivity contribution >= 4 is 16.5 Å². The van der Waals surface area contributed by atoms with Crippen molar-refractivity contribution in [1.29, 1.82) is 0 Å². The number of hydrogen-bond donors (Lipinski definition) is 2. The molecule has 2 rings (SSSR count). The van der Waals surface area contributed by atoms with Crippen molar-refractivity contribution in [3.8, 4) is 0 Å². The number of thiazole rings is 1. The van der Waals surface area contributed by atoms with Crippen molar-refractivity contribution in [3.05, 3.63) is 11.1 Å². The minimum atomic E-state index is 0.584. The highest BCUT2D eigenvalue weighted by atomic mass is 32.1. The van der Waals surface area contributed by atoms with Crippen LogP contribution in [0.4, 0.5) is 5.13 Å². The number of aromatic nitrogens is 1. The zero-order valence-corrected chi connectivity index (χ0v) is 11.5. The van der Waals surface area contributed by atoms with E-state index in [2.05, 4.69) is 22.6 Å². The van der Waals surface area contributed by atoms with Crippen LogP contribution in [0.2, 0.25) is 0 Å². The van der Waals surface area contributed by atoms with Crippen molar-refractivity contribution in [1.82, 2.24) is 10.3 Å². The van der Waals surface area contributed by atoms with Gasteiger partial charge in [-0.3, -0.25) is 0 Å². The van der Waals surface area contributed by atoms with E-state index in [-0.39, 0.29) is 0 Å². The molecule has 0 amide bonds. The molecule has 96 valence electrons. The zero-order valence-electron chi connectivity index (χ0n) is 10.7. The molecule has 1 aromatic rings. The molecule has 0 saturated heterocycles. The van der Waals surface area contributed by atoms with Gasteiger partial charge in [0, 0.05) is 24.9 Å². The van der Waals surface area contributed by atoms with E-state index in [4.69, 9.17) is 5.73 Å². The van der Waals surface area contributed by atoms with Gasteiger partial charge in [0.05, 0.1) is 5.69 Å². The van der Waals surface area contributed by atoms with Crippen LogP contribution in [0, 0.1) is 5.41 Å². The normalized spacial score (nSPS) is 18.6. The lowest BCUT2D eigenvalue weighted by molar-refractivity contribution is 0.270. The lowest BCUT2D eigenvalue weighted by Crippen LogP contribution is -2.32. The number of rotatable bonds is 6. The maximum absolute atomic E-state index is 5.61. The van der Waals surface area contributed by atoms with Crippen molar-refractivity contribution in [2.45, 2.75) is 45.4 Å². The molecule has 1 saturated carbocycles. The first-order valence-corrected chi connectivity index (χ1v) is 7.53. The van der Waals surface area contributed by atoms with Gasteiger partial charge in [-0.25, -0.2) is 4.98 Å². The summed E-state index contributed by atoms with van der Waals surface area (Å²) in [5.74, 6) is 0. The van der Waals surface area contributed by atoms with Crippen LogP contribution in [0.5, 0.6) is 0 Å². The number of anilines is 1. The molecule has 1 aliphatic carbocycles. The highest BCUT2D eigenvalue weighted by Gasteiger charge is 2.31. The molecule has 1 aromatic heterocycles. The quantitative estimate of drug-likeness (QED) is 0.767. The zero-order chi connectivity index (χ0) is 12.1. The Morgan fingerprint density at radius 1 is 1.47 bits per heavy atom. The first-order valence-electron chi connectivity index (χ1n) is 6.65. The second-order valence-electron chi connectivity index (χ2n) is 5.16. The fourth-order valence-corrected chi connectivity index (χ4v) is 3.39. The Labute approximate surface area is 108 Å². The summed E-state index contributed by atoms with van der Waals surface area (Å²) in [7, 11) is 0. The molecule has 0 spiro atoms. The topological polar surface area (TPSA) is 50.9 Å². The average molecular weight is 253 g/mol. The van der Waals surface area contributed by atoms with Gasteiger partial charge >= 0.3 is 0 Å². The monoisotopic (exact) mass is 253 g/mol. The van der Waals surface area contributed by atoms with E-state index in [1.54, 1.807) is 0 Å². The molecular weight excluding hydrogens is 230 g/mol. The summed E-state index contributed by atoms with van der Waals surface area (Å²) in [4.78, 5) is 4.27. The summed E-state index contributed by atoms with van der Waals surface area (Å²) >= 11 is 1.53. The maximum Gasteiger partial charge on any atom is 0.180 e. The van der Waals surface area contributed by atoms with Crippen LogP contribution >= 0.6 is 11.3 Å². The molecule has 0 radical (unpaired) electrons. The molecule has 4 heteroatoms. The van der Waals surface area contributed by atoms with Gasteiger partial charge in [-0.05, 0) is 24.7 Å². The van der Waals surface area contributed by atoms with Gasteiger partial charge in [0.15, 0.2) is 5.13 Å². The van der Waals surface area contributed by atoms with E-state index in [1.165, 1.54) is 50.0 Å². The Kier molecular flexibility index (Phi) is 4.40. The summed E-state index contributed by atoms with van der Waals surface area (Å²) in [6.07, 6.45) is 7.94. The molecule has 0 aromatic carbocycles. The standard InChI is InChI=1S/C13H23N3S/c1-2-13(6-3-4-7-13)10-15-8-5-11-9-17-12(14)16-11/h9,15H,2-8,10H2,1H3,(H2,14,16). The Hall–Kier alpha value is -0.610. The molecule has 0 aliphatic heterocycles. The Balaban J connectivity index is 1.69. The summed E-state index contributed by atoms with van der Waals surface area (Å²) < 4.78 is 0. The highest BCUT2D eigenvalue weighted by Crippen LogP contribution is 2.40. The van der Waals surface area contributed by atoms with Crippen LogP contribution in [0.15, 0.2) is 5.38 Å². The van der Waals surface area contributed by atoms with Crippen molar-refractivity contribution in [2.24, 2.45) is 5.41 Å². The van der Waals surface area contributed by atoms with E-state index < -0.39 is 0 Å². The van der Waals surface area contributed by atoms with Gasteiger partial charge in [0.2, 0.25) is 0 Å². The van der Waals surface area contributed by atoms with Gasteiger partial charge in [-0.15, -0.1) is 11.3 Å². The fraction of sp³-hybridized carbons (Fsp3) is 0.769. The van der Waals surface area contributed by atoms with Crippen LogP contribution in [0.25, 0.3) is 0 Å². The molecule has 0 atom stereocenters. The number of nitrogen functional groups attached to an aromatic ring is 1. The smallest absolute Gasteiger partial charge is 0.180 e. The van der Waals surface area contributed by atoms with E-state index in [0.717, 1.165) is 18.7 Å². The average Bonchev–Trinajstić information content (AvgIpc) is 2.95. The number of nitrogens with one attached hydrogen (secondary N) is 1. The summed E-state index contributed by atoms with van der Waals surface area (Å²) in [5.41, 5.74) is 7.32. The largest absolute Gasteiger partial charge is 0.375 e. The third-order valence-corrected chi connectivity index (χ3v) is 4.76. The van der Waals surface area contributed by atoms with E-state index >= 15 is 0 Å².